The fraction of sp³-hybridized carbons (Fsp3) is 0.455. The van der Waals surface area contributed by atoms with Crippen molar-refractivity contribution in [1.82, 2.24) is 4.72 Å². The largest absolute Gasteiger partial charge is 0.212 e. The highest BCUT2D eigenvalue weighted by molar-refractivity contribution is 7.89. The Bertz CT molecular complexity index is 405. The Balaban J connectivity index is 2.63. The topological polar surface area (TPSA) is 46.2 Å². The summed E-state index contributed by atoms with van der Waals surface area (Å²) in [6.45, 7) is 1.61. The molecule has 90 valence electrons. The summed E-state index contributed by atoms with van der Waals surface area (Å²) in [5.41, 5.74) is 1.08. The van der Waals surface area contributed by atoms with E-state index in [1.165, 1.54) is 0 Å². The molecule has 1 aromatic carbocycles. The van der Waals surface area contributed by atoms with Crippen LogP contribution in [0.3, 0.4) is 0 Å². The fourth-order valence-electron chi connectivity index (χ4n) is 1.36. The van der Waals surface area contributed by atoms with E-state index in [9.17, 15) is 8.42 Å². The van der Waals surface area contributed by atoms with Gasteiger partial charge in [0.1, 0.15) is 0 Å². The first kappa shape index (κ1) is 13.5. The highest BCUT2D eigenvalue weighted by atomic mass is 35.5. The molecule has 0 aromatic heterocycles. The van der Waals surface area contributed by atoms with E-state index in [1.54, 1.807) is 6.92 Å². The summed E-state index contributed by atoms with van der Waals surface area (Å²) in [7, 11) is -3.19. The van der Waals surface area contributed by atoms with Crippen molar-refractivity contribution < 1.29 is 8.42 Å². The van der Waals surface area contributed by atoms with Crippen molar-refractivity contribution in [2.45, 2.75) is 19.4 Å². The molecule has 1 rings (SSSR count). The Kier molecular flexibility index (Phi) is 5.25. The number of rotatable bonds is 6. The van der Waals surface area contributed by atoms with Gasteiger partial charge < -0.3 is 0 Å². The number of nitrogens with one attached hydrogen (secondary N) is 1. The zero-order valence-electron chi connectivity index (χ0n) is 9.19. The molecule has 0 bridgehead atoms. The molecule has 5 heteroatoms. The van der Waals surface area contributed by atoms with Crippen molar-refractivity contribution in [3.05, 3.63) is 35.9 Å². The summed E-state index contributed by atoms with van der Waals surface area (Å²) in [6.07, 6.45) is 0.615. The fourth-order valence-corrected chi connectivity index (χ4v) is 2.48. The van der Waals surface area contributed by atoms with Crippen LogP contribution in [0, 0.1) is 0 Å². The Morgan fingerprint density at radius 2 is 1.94 bits per heavy atom. The molecule has 0 spiro atoms. The van der Waals surface area contributed by atoms with Gasteiger partial charge in [0, 0.05) is 11.9 Å². The monoisotopic (exact) mass is 261 g/mol. The van der Waals surface area contributed by atoms with Crippen LogP contribution in [0.2, 0.25) is 0 Å². The second-order valence-corrected chi connectivity index (χ2v) is 5.91. The van der Waals surface area contributed by atoms with E-state index in [-0.39, 0.29) is 17.7 Å². The van der Waals surface area contributed by atoms with E-state index in [2.05, 4.69) is 4.72 Å². The lowest BCUT2D eigenvalue weighted by molar-refractivity contribution is 0.562. The van der Waals surface area contributed by atoms with Gasteiger partial charge in [0.25, 0.3) is 0 Å². The van der Waals surface area contributed by atoms with Gasteiger partial charge in [0.2, 0.25) is 10.0 Å². The molecule has 1 N–H and O–H groups in total. The van der Waals surface area contributed by atoms with Crippen LogP contribution in [-0.2, 0) is 16.4 Å². The molecule has 1 aromatic rings. The third kappa shape index (κ3) is 4.51. The Morgan fingerprint density at radius 3 is 2.44 bits per heavy atom. The van der Waals surface area contributed by atoms with Crippen LogP contribution in [0.15, 0.2) is 30.3 Å². The SMILES string of the molecule is CCS(=O)(=O)N[C@H](CCl)Cc1ccccc1. The van der Waals surface area contributed by atoms with E-state index in [1.807, 2.05) is 30.3 Å². The third-order valence-corrected chi connectivity index (χ3v) is 4.06. The van der Waals surface area contributed by atoms with E-state index in [0.29, 0.717) is 6.42 Å². The smallest absolute Gasteiger partial charge is 0.211 e. The molecule has 0 heterocycles. The van der Waals surface area contributed by atoms with Crippen LogP contribution in [0.5, 0.6) is 0 Å². The lowest BCUT2D eigenvalue weighted by atomic mass is 10.1. The Morgan fingerprint density at radius 1 is 1.31 bits per heavy atom. The maximum absolute atomic E-state index is 11.4. The highest BCUT2D eigenvalue weighted by Gasteiger charge is 2.15. The molecule has 16 heavy (non-hydrogen) atoms. The second kappa shape index (κ2) is 6.23. The van der Waals surface area contributed by atoms with Crippen molar-refractivity contribution in [2.24, 2.45) is 0 Å². The number of sulfonamides is 1. The van der Waals surface area contributed by atoms with Gasteiger partial charge in [-0.15, -0.1) is 11.6 Å². The predicted octanol–water partition coefficient (Wildman–Crippen LogP) is 1.78. The maximum Gasteiger partial charge on any atom is 0.211 e. The molecule has 0 aliphatic rings. The maximum atomic E-state index is 11.4. The molecule has 3 nitrogen and oxygen atoms in total. The van der Waals surface area contributed by atoms with Crippen molar-refractivity contribution in [3.8, 4) is 0 Å². The molecule has 0 unspecified atom stereocenters. The number of halogens is 1. The number of benzene rings is 1. The Hall–Kier alpha value is -0.580. The summed E-state index contributed by atoms with van der Waals surface area (Å²) in [5, 5.41) is 0. The molecule has 0 fully saturated rings. The van der Waals surface area contributed by atoms with E-state index < -0.39 is 10.0 Å². The predicted molar refractivity (Wildman–Crippen MR) is 67.3 cm³/mol. The summed E-state index contributed by atoms with van der Waals surface area (Å²) in [5.74, 6) is 0.350. The molecule has 0 saturated carbocycles. The average molecular weight is 262 g/mol. The van der Waals surface area contributed by atoms with Crippen LogP contribution in [0.25, 0.3) is 0 Å². The number of alkyl halides is 1. The molecular formula is C11H16ClNO2S. The van der Waals surface area contributed by atoms with Crippen LogP contribution in [0.4, 0.5) is 0 Å². The normalized spacial score (nSPS) is 13.6. The van der Waals surface area contributed by atoms with Gasteiger partial charge in [0.15, 0.2) is 0 Å². The molecule has 0 aliphatic carbocycles. The van der Waals surface area contributed by atoms with Crippen molar-refractivity contribution >= 4 is 21.6 Å². The van der Waals surface area contributed by atoms with Gasteiger partial charge in [-0.2, -0.15) is 0 Å². The molecule has 0 aliphatic heterocycles. The zero-order valence-corrected chi connectivity index (χ0v) is 10.8. The quantitative estimate of drug-likeness (QED) is 0.794. The lowest BCUT2D eigenvalue weighted by Gasteiger charge is -2.15. The Labute approximate surface area is 102 Å². The zero-order chi connectivity index (χ0) is 12.0. The van der Waals surface area contributed by atoms with Gasteiger partial charge in [0.05, 0.1) is 5.75 Å². The molecule has 0 radical (unpaired) electrons. The van der Waals surface area contributed by atoms with Gasteiger partial charge >= 0.3 is 0 Å². The third-order valence-electron chi connectivity index (χ3n) is 2.24. The lowest BCUT2D eigenvalue weighted by Crippen LogP contribution is -2.38. The van der Waals surface area contributed by atoms with Gasteiger partial charge in [-0.1, -0.05) is 30.3 Å². The highest BCUT2D eigenvalue weighted by Crippen LogP contribution is 2.05. The van der Waals surface area contributed by atoms with Crippen molar-refractivity contribution in [3.63, 3.8) is 0 Å². The van der Waals surface area contributed by atoms with Crippen LogP contribution >= 0.6 is 11.6 Å². The van der Waals surface area contributed by atoms with Gasteiger partial charge in [-0.05, 0) is 18.9 Å². The molecule has 0 saturated heterocycles. The minimum Gasteiger partial charge on any atom is -0.212 e. The minimum absolute atomic E-state index is 0.0786. The van der Waals surface area contributed by atoms with Gasteiger partial charge in [-0.3, -0.25) is 0 Å². The minimum atomic E-state index is -3.19. The van der Waals surface area contributed by atoms with E-state index in [0.717, 1.165) is 5.56 Å². The number of hydrogen-bond donors (Lipinski definition) is 1. The average Bonchev–Trinajstić information content (AvgIpc) is 2.29. The molecular weight excluding hydrogens is 246 g/mol. The second-order valence-electron chi connectivity index (χ2n) is 3.56. The molecule has 1 atom stereocenters. The van der Waals surface area contributed by atoms with Crippen LogP contribution in [0.1, 0.15) is 12.5 Å². The number of hydrogen-bond acceptors (Lipinski definition) is 2. The first-order valence-corrected chi connectivity index (χ1v) is 7.36. The summed E-state index contributed by atoms with van der Waals surface area (Å²) >= 11 is 5.75. The standard InChI is InChI=1S/C11H16ClNO2S/c1-2-16(14,15)13-11(9-12)8-10-6-4-3-5-7-10/h3-7,11,13H,2,8-9H2,1H3/t11-/m0/s1. The summed E-state index contributed by atoms with van der Waals surface area (Å²) in [6, 6.07) is 9.45. The first-order valence-electron chi connectivity index (χ1n) is 5.17. The van der Waals surface area contributed by atoms with Crippen molar-refractivity contribution in [1.29, 1.82) is 0 Å². The molecule has 0 amide bonds. The van der Waals surface area contributed by atoms with E-state index >= 15 is 0 Å². The van der Waals surface area contributed by atoms with Crippen molar-refractivity contribution in [2.75, 3.05) is 11.6 Å². The first-order chi connectivity index (χ1) is 7.57. The summed E-state index contributed by atoms with van der Waals surface area (Å²) in [4.78, 5) is 0. The summed E-state index contributed by atoms with van der Waals surface area (Å²) < 4.78 is 25.4. The van der Waals surface area contributed by atoms with Gasteiger partial charge in [-0.25, -0.2) is 13.1 Å². The van der Waals surface area contributed by atoms with Crippen LogP contribution < -0.4 is 4.72 Å². The van der Waals surface area contributed by atoms with Crippen LogP contribution in [-0.4, -0.2) is 26.1 Å². The van der Waals surface area contributed by atoms with E-state index in [4.69, 9.17) is 11.6 Å².